The number of rotatable bonds is 9. The van der Waals surface area contributed by atoms with Crippen LogP contribution in [0.15, 0.2) is 36.4 Å². The molecule has 1 atom stereocenters. The smallest absolute Gasteiger partial charge is 0.232 e. The Balaban J connectivity index is 1.99. The zero-order chi connectivity index (χ0) is 22.5. The number of hydrogen-bond acceptors (Lipinski definition) is 4. The lowest BCUT2D eigenvalue weighted by Crippen LogP contribution is -2.32. The van der Waals surface area contributed by atoms with Gasteiger partial charge >= 0.3 is 0 Å². The highest BCUT2D eigenvalue weighted by atomic mass is 35.5. The molecule has 0 aliphatic rings. The Kier molecular flexibility index (Phi) is 8.15. The van der Waals surface area contributed by atoms with Crippen molar-refractivity contribution in [1.82, 2.24) is 5.32 Å². The molecule has 1 N–H and O–H groups in total. The topological polar surface area (TPSA) is 75.7 Å². The fourth-order valence-electron chi connectivity index (χ4n) is 3.38. The minimum atomic E-state index is -3.53. The van der Waals surface area contributed by atoms with Crippen molar-refractivity contribution >= 4 is 33.2 Å². The number of nitrogens with zero attached hydrogens (tertiary/aromatic N) is 1. The minimum absolute atomic E-state index is 0.121. The summed E-state index contributed by atoms with van der Waals surface area (Å²) in [5.74, 6) is 0.345. The zero-order valence-corrected chi connectivity index (χ0v) is 19.6. The molecule has 8 heteroatoms. The summed E-state index contributed by atoms with van der Waals surface area (Å²) in [4.78, 5) is 12.4. The van der Waals surface area contributed by atoms with Gasteiger partial charge in [0, 0.05) is 13.0 Å². The summed E-state index contributed by atoms with van der Waals surface area (Å²) >= 11 is 6.14. The monoisotopic (exact) mass is 452 g/mol. The van der Waals surface area contributed by atoms with Crippen LogP contribution in [0, 0.1) is 13.8 Å². The predicted octanol–water partition coefficient (Wildman–Crippen LogP) is 4.39. The van der Waals surface area contributed by atoms with Crippen LogP contribution in [0.4, 0.5) is 5.69 Å². The van der Waals surface area contributed by atoms with Gasteiger partial charge in [-0.25, -0.2) is 8.42 Å². The quantitative estimate of drug-likeness (QED) is 0.612. The molecule has 0 spiro atoms. The fraction of sp³-hybridized carbons (Fsp3) is 0.409. The second-order valence-electron chi connectivity index (χ2n) is 7.41. The van der Waals surface area contributed by atoms with Crippen LogP contribution in [0.5, 0.6) is 5.75 Å². The van der Waals surface area contributed by atoms with Gasteiger partial charge in [0.15, 0.2) is 0 Å². The van der Waals surface area contributed by atoms with Crippen molar-refractivity contribution in [1.29, 1.82) is 0 Å². The van der Waals surface area contributed by atoms with E-state index in [1.807, 2.05) is 32.9 Å². The number of anilines is 1. The number of halogens is 1. The largest absolute Gasteiger partial charge is 0.495 e. The molecule has 0 radical (unpaired) electrons. The molecule has 0 aliphatic heterocycles. The number of carbonyl (C=O) groups excluding carboxylic acids is 1. The van der Waals surface area contributed by atoms with Gasteiger partial charge in [-0.05, 0) is 56.5 Å². The average Bonchev–Trinajstić information content (AvgIpc) is 2.64. The van der Waals surface area contributed by atoms with E-state index in [1.54, 1.807) is 18.2 Å². The van der Waals surface area contributed by atoms with Crippen molar-refractivity contribution in [2.75, 3.05) is 24.2 Å². The molecule has 164 valence electrons. The molecule has 1 amide bonds. The first-order chi connectivity index (χ1) is 14.0. The number of hydrogen-bond donors (Lipinski definition) is 1. The van der Waals surface area contributed by atoms with E-state index in [9.17, 15) is 13.2 Å². The highest BCUT2D eigenvalue weighted by molar-refractivity contribution is 7.92. The van der Waals surface area contributed by atoms with Crippen LogP contribution in [0.1, 0.15) is 42.5 Å². The zero-order valence-electron chi connectivity index (χ0n) is 18.0. The first-order valence-corrected chi connectivity index (χ1v) is 11.9. The van der Waals surface area contributed by atoms with Crippen molar-refractivity contribution < 1.29 is 17.9 Å². The second kappa shape index (κ2) is 10.2. The molecule has 6 nitrogen and oxygen atoms in total. The average molecular weight is 453 g/mol. The molecule has 0 heterocycles. The van der Waals surface area contributed by atoms with Gasteiger partial charge in [-0.2, -0.15) is 0 Å². The highest BCUT2D eigenvalue weighted by Gasteiger charge is 2.19. The van der Waals surface area contributed by atoms with Crippen LogP contribution in [0.3, 0.4) is 0 Å². The Morgan fingerprint density at radius 1 is 1.20 bits per heavy atom. The van der Waals surface area contributed by atoms with E-state index in [0.29, 0.717) is 22.9 Å². The molecular weight excluding hydrogens is 424 g/mol. The molecule has 0 unspecified atom stereocenters. The van der Waals surface area contributed by atoms with E-state index >= 15 is 0 Å². The molecule has 0 aliphatic carbocycles. The van der Waals surface area contributed by atoms with Crippen LogP contribution in [0.25, 0.3) is 0 Å². The van der Waals surface area contributed by atoms with Crippen LogP contribution in [-0.2, 0) is 14.8 Å². The molecule has 0 fully saturated rings. The number of benzene rings is 2. The van der Waals surface area contributed by atoms with Crippen molar-refractivity contribution in [3.63, 3.8) is 0 Å². The predicted molar refractivity (Wildman–Crippen MR) is 122 cm³/mol. The van der Waals surface area contributed by atoms with Crippen LogP contribution in [0.2, 0.25) is 5.02 Å². The third-order valence-corrected chi connectivity index (χ3v) is 6.35. The number of ether oxygens (including phenoxy) is 1. The normalized spacial score (nSPS) is 12.3. The molecule has 2 rings (SSSR count). The highest BCUT2D eigenvalue weighted by Crippen LogP contribution is 2.30. The van der Waals surface area contributed by atoms with Gasteiger partial charge in [-0.3, -0.25) is 9.10 Å². The summed E-state index contributed by atoms with van der Waals surface area (Å²) in [7, 11) is -2.03. The number of sulfonamides is 1. The van der Waals surface area contributed by atoms with Crippen LogP contribution in [-0.4, -0.2) is 34.2 Å². The first kappa shape index (κ1) is 24.0. The summed E-state index contributed by atoms with van der Waals surface area (Å²) in [6.07, 6.45) is 1.72. The molecule has 30 heavy (non-hydrogen) atoms. The number of carbonyl (C=O) groups is 1. The summed E-state index contributed by atoms with van der Waals surface area (Å²) in [6, 6.07) is 10.8. The Morgan fingerprint density at radius 2 is 1.90 bits per heavy atom. The Morgan fingerprint density at radius 3 is 2.47 bits per heavy atom. The second-order valence-corrected chi connectivity index (χ2v) is 9.72. The lowest BCUT2D eigenvalue weighted by molar-refractivity contribution is -0.121. The number of methoxy groups -OCH3 is 1. The maximum atomic E-state index is 12.4. The van der Waals surface area contributed by atoms with Crippen molar-refractivity contribution in [3.05, 3.63) is 58.1 Å². The Labute approximate surface area is 184 Å². The van der Waals surface area contributed by atoms with E-state index in [4.69, 9.17) is 16.3 Å². The van der Waals surface area contributed by atoms with Gasteiger partial charge in [-0.1, -0.05) is 35.4 Å². The van der Waals surface area contributed by atoms with Gasteiger partial charge in [0.1, 0.15) is 5.75 Å². The lowest BCUT2D eigenvalue weighted by Gasteiger charge is -2.23. The van der Waals surface area contributed by atoms with E-state index in [1.165, 1.54) is 17.0 Å². The molecule has 0 saturated heterocycles. The molecule has 2 aromatic carbocycles. The molecular formula is C22H29ClN2O4S. The third kappa shape index (κ3) is 6.37. The SMILES string of the molecule is COc1ccc(N(CCCC(=O)N[C@H](C)c2ccc(C)cc2C)S(C)(=O)=O)cc1Cl. The molecule has 0 saturated carbocycles. The molecule has 2 aromatic rings. The van der Waals surface area contributed by atoms with Crippen molar-refractivity contribution in [2.45, 2.75) is 39.7 Å². The lowest BCUT2D eigenvalue weighted by atomic mass is 10.00. The Bertz CT molecular complexity index is 1010. The molecule has 0 aromatic heterocycles. The maximum absolute atomic E-state index is 12.4. The standard InChI is InChI=1S/C22H29ClN2O4S/c1-15-8-10-19(16(2)13-15)17(3)24-22(26)7-6-12-25(30(5,27)28)18-9-11-21(29-4)20(23)14-18/h8-11,13-14,17H,6-7,12H2,1-5H3,(H,24,26)/t17-/m1/s1. The van der Waals surface area contributed by atoms with Crippen LogP contribution >= 0.6 is 11.6 Å². The summed E-state index contributed by atoms with van der Waals surface area (Å²) in [6.45, 7) is 6.17. The maximum Gasteiger partial charge on any atom is 0.232 e. The summed E-state index contributed by atoms with van der Waals surface area (Å²) in [5.41, 5.74) is 3.81. The van der Waals surface area contributed by atoms with E-state index in [0.717, 1.165) is 17.4 Å². The van der Waals surface area contributed by atoms with Gasteiger partial charge in [0.05, 0.1) is 30.1 Å². The van der Waals surface area contributed by atoms with Crippen molar-refractivity contribution in [2.24, 2.45) is 0 Å². The van der Waals surface area contributed by atoms with E-state index < -0.39 is 10.0 Å². The van der Waals surface area contributed by atoms with Crippen molar-refractivity contribution in [3.8, 4) is 5.75 Å². The summed E-state index contributed by atoms with van der Waals surface area (Å²) < 4.78 is 30.9. The number of amides is 1. The van der Waals surface area contributed by atoms with E-state index in [-0.39, 0.29) is 24.9 Å². The minimum Gasteiger partial charge on any atom is -0.495 e. The van der Waals surface area contributed by atoms with Gasteiger partial charge in [0.2, 0.25) is 15.9 Å². The first-order valence-electron chi connectivity index (χ1n) is 9.70. The number of aryl methyl sites for hydroxylation is 2. The van der Waals surface area contributed by atoms with Gasteiger partial charge in [-0.15, -0.1) is 0 Å². The number of nitrogens with one attached hydrogen (secondary N) is 1. The summed E-state index contributed by atoms with van der Waals surface area (Å²) in [5, 5.41) is 3.31. The molecule has 0 bridgehead atoms. The van der Waals surface area contributed by atoms with Crippen LogP contribution < -0.4 is 14.4 Å². The third-order valence-electron chi connectivity index (χ3n) is 4.86. The van der Waals surface area contributed by atoms with E-state index in [2.05, 4.69) is 11.4 Å². The van der Waals surface area contributed by atoms with Gasteiger partial charge < -0.3 is 10.1 Å². The Hall–Kier alpha value is -2.25. The fourth-order valence-corrected chi connectivity index (χ4v) is 4.59. The van der Waals surface area contributed by atoms with Gasteiger partial charge in [0.25, 0.3) is 0 Å².